The highest BCUT2D eigenvalue weighted by Gasteiger charge is 2.32. The molecule has 0 spiro atoms. The van der Waals surface area contributed by atoms with Crippen LogP contribution in [0.25, 0.3) is 0 Å². The molecule has 1 aliphatic rings. The fourth-order valence-electron chi connectivity index (χ4n) is 2.76. The van der Waals surface area contributed by atoms with Crippen LogP contribution in [-0.4, -0.2) is 67.3 Å². The van der Waals surface area contributed by atoms with Crippen molar-refractivity contribution in [2.45, 2.75) is 18.6 Å². The molecule has 23 heavy (non-hydrogen) atoms. The van der Waals surface area contributed by atoms with Crippen molar-refractivity contribution in [1.82, 2.24) is 9.80 Å². The molecule has 1 amide bonds. The average molecular weight is 332 g/mol. The van der Waals surface area contributed by atoms with Gasteiger partial charge in [-0.3, -0.25) is 9.69 Å². The van der Waals surface area contributed by atoms with Gasteiger partial charge in [0.1, 0.15) is 0 Å². The van der Waals surface area contributed by atoms with Crippen molar-refractivity contribution < 1.29 is 27.8 Å². The summed E-state index contributed by atoms with van der Waals surface area (Å²) in [6, 6.07) is 0.468. The largest absolute Gasteiger partial charge is 0.503 e. The Hall–Kier alpha value is -1.80. The van der Waals surface area contributed by atoms with Gasteiger partial charge in [-0.1, -0.05) is 0 Å². The number of ether oxygens (including phenoxy) is 1. The highest BCUT2D eigenvalue weighted by molar-refractivity contribution is 5.94. The zero-order valence-electron chi connectivity index (χ0n) is 13.1. The molecule has 0 aromatic heterocycles. The third-order valence-corrected chi connectivity index (χ3v) is 4.18. The number of methoxy groups -OCH3 is 1. The predicted molar refractivity (Wildman–Crippen MR) is 76.8 cm³/mol. The molecule has 5 nitrogen and oxygen atoms in total. The van der Waals surface area contributed by atoms with Gasteiger partial charge in [-0.25, -0.2) is 8.78 Å². The second-order valence-corrected chi connectivity index (χ2v) is 5.76. The number of hydrogen-bond acceptors (Lipinski definition) is 4. The molecular weight excluding hydrogens is 313 g/mol. The summed E-state index contributed by atoms with van der Waals surface area (Å²) in [6.07, 6.45) is 0.758. The van der Waals surface area contributed by atoms with Crippen LogP contribution in [0.5, 0.6) is 5.75 Å². The highest BCUT2D eigenvalue weighted by atomic mass is 19.2. The molecule has 0 bridgehead atoms. The van der Waals surface area contributed by atoms with E-state index in [2.05, 4.69) is 0 Å². The lowest BCUT2D eigenvalue weighted by atomic mass is 10.1. The van der Waals surface area contributed by atoms with Crippen LogP contribution >= 0.6 is 0 Å². The van der Waals surface area contributed by atoms with Gasteiger partial charge in [-0.2, -0.15) is 4.39 Å². The summed E-state index contributed by atoms with van der Waals surface area (Å²) in [6.45, 7) is 0.984. The number of hydrogen-bond donors (Lipinski definition) is 1. The molecule has 1 N–H and O–H groups in total. The van der Waals surface area contributed by atoms with E-state index in [4.69, 9.17) is 4.74 Å². The van der Waals surface area contributed by atoms with Crippen LogP contribution in [-0.2, 0) is 4.74 Å². The number of likely N-dealkylation sites (N-methyl/N-ethyl adjacent to an activating group) is 2. The number of phenolic OH excluding ortho intramolecular Hbond substituents is 1. The second kappa shape index (κ2) is 6.76. The fourth-order valence-corrected chi connectivity index (χ4v) is 2.76. The normalized spacial score (nSPS) is 21.7. The van der Waals surface area contributed by atoms with Crippen molar-refractivity contribution in [1.29, 1.82) is 0 Å². The summed E-state index contributed by atoms with van der Waals surface area (Å²) >= 11 is 0. The molecule has 0 saturated carbocycles. The topological polar surface area (TPSA) is 53.0 Å². The standard InChI is InChI=1S/C15H19F3N2O3/c1-19-7-9(23-3)4-8(19)6-20(2)15(22)10-5-11(16)13(18)14(21)12(10)17/h5,8-9,21H,4,6-7H2,1-3H3/t8-,9-/m0/s1. The summed E-state index contributed by atoms with van der Waals surface area (Å²) in [5.74, 6) is -6.96. The van der Waals surface area contributed by atoms with Crippen LogP contribution in [0.2, 0.25) is 0 Å². The molecule has 0 aliphatic carbocycles. The molecular formula is C15H19F3N2O3. The van der Waals surface area contributed by atoms with E-state index in [0.29, 0.717) is 19.0 Å². The number of halogens is 3. The van der Waals surface area contributed by atoms with Gasteiger partial charge in [-0.05, 0) is 19.5 Å². The molecule has 1 aromatic carbocycles. The van der Waals surface area contributed by atoms with Gasteiger partial charge in [0, 0.05) is 33.3 Å². The van der Waals surface area contributed by atoms with Crippen LogP contribution in [0.4, 0.5) is 13.2 Å². The van der Waals surface area contributed by atoms with Gasteiger partial charge in [0.25, 0.3) is 5.91 Å². The number of phenols is 1. The first-order chi connectivity index (χ1) is 10.8. The first-order valence-electron chi connectivity index (χ1n) is 7.11. The maximum absolute atomic E-state index is 13.8. The van der Waals surface area contributed by atoms with Gasteiger partial charge < -0.3 is 14.7 Å². The molecule has 1 aliphatic heterocycles. The molecule has 1 aromatic rings. The van der Waals surface area contributed by atoms with Gasteiger partial charge in [0.2, 0.25) is 5.82 Å². The number of amides is 1. The van der Waals surface area contributed by atoms with Crippen molar-refractivity contribution in [2.75, 3.05) is 34.3 Å². The molecule has 8 heteroatoms. The van der Waals surface area contributed by atoms with Crippen LogP contribution in [0, 0.1) is 17.5 Å². The molecule has 2 rings (SSSR count). The Bertz CT molecular complexity index is 612. The molecule has 0 unspecified atom stereocenters. The molecule has 1 fully saturated rings. The Kier molecular flexibility index (Phi) is 5.16. The van der Waals surface area contributed by atoms with E-state index in [9.17, 15) is 23.1 Å². The van der Waals surface area contributed by atoms with Gasteiger partial charge >= 0.3 is 0 Å². The maximum Gasteiger partial charge on any atom is 0.256 e. The number of rotatable bonds is 4. The van der Waals surface area contributed by atoms with Crippen molar-refractivity contribution in [2.24, 2.45) is 0 Å². The van der Waals surface area contributed by atoms with E-state index in [1.54, 1.807) is 7.11 Å². The van der Waals surface area contributed by atoms with Crippen LogP contribution in [0.1, 0.15) is 16.8 Å². The van der Waals surface area contributed by atoms with Crippen LogP contribution in [0.15, 0.2) is 6.07 Å². The lowest BCUT2D eigenvalue weighted by Crippen LogP contribution is -2.39. The smallest absolute Gasteiger partial charge is 0.256 e. The summed E-state index contributed by atoms with van der Waals surface area (Å²) in [5, 5.41) is 9.21. The maximum atomic E-state index is 13.8. The Balaban J connectivity index is 2.15. The van der Waals surface area contributed by atoms with Crippen LogP contribution < -0.4 is 0 Å². The zero-order valence-corrected chi connectivity index (χ0v) is 13.1. The summed E-state index contributed by atoms with van der Waals surface area (Å²) in [4.78, 5) is 15.5. The third kappa shape index (κ3) is 3.42. The molecule has 2 atom stereocenters. The molecule has 128 valence electrons. The monoisotopic (exact) mass is 332 g/mol. The fraction of sp³-hybridized carbons (Fsp3) is 0.533. The Morgan fingerprint density at radius 1 is 1.43 bits per heavy atom. The number of aromatic hydroxyl groups is 1. The lowest BCUT2D eigenvalue weighted by Gasteiger charge is -2.25. The van der Waals surface area contributed by atoms with Crippen molar-refractivity contribution in [3.63, 3.8) is 0 Å². The van der Waals surface area contributed by atoms with Gasteiger partial charge in [0.05, 0.1) is 11.7 Å². The summed E-state index contributed by atoms with van der Waals surface area (Å²) < 4.78 is 45.5. The molecule has 1 heterocycles. The SMILES string of the molecule is CO[C@H]1C[C@@H](CN(C)C(=O)c2cc(F)c(F)c(O)c2F)N(C)C1. The molecule has 0 radical (unpaired) electrons. The van der Waals surface area contributed by atoms with E-state index in [1.165, 1.54) is 11.9 Å². The van der Waals surface area contributed by atoms with Crippen LogP contribution in [0.3, 0.4) is 0 Å². The van der Waals surface area contributed by atoms with Crippen molar-refractivity contribution >= 4 is 5.91 Å². The minimum atomic E-state index is -1.71. The highest BCUT2D eigenvalue weighted by Crippen LogP contribution is 2.27. The van der Waals surface area contributed by atoms with Gasteiger partial charge in [-0.15, -0.1) is 0 Å². The Morgan fingerprint density at radius 3 is 2.65 bits per heavy atom. The number of benzene rings is 1. The Morgan fingerprint density at radius 2 is 2.09 bits per heavy atom. The first kappa shape index (κ1) is 17.6. The predicted octanol–water partition coefficient (Wildman–Crippen LogP) is 1.60. The number of likely N-dealkylation sites (tertiary alicyclic amines) is 1. The second-order valence-electron chi connectivity index (χ2n) is 5.76. The number of carbonyl (C=O) groups is 1. The number of carbonyl (C=O) groups excluding carboxylic acids is 1. The van der Waals surface area contributed by atoms with E-state index in [0.717, 1.165) is 0 Å². The molecule has 1 saturated heterocycles. The van der Waals surface area contributed by atoms with Crippen molar-refractivity contribution in [3.8, 4) is 5.75 Å². The number of nitrogens with zero attached hydrogens (tertiary/aromatic N) is 2. The van der Waals surface area contributed by atoms with E-state index in [1.807, 2.05) is 11.9 Å². The van der Waals surface area contributed by atoms with E-state index >= 15 is 0 Å². The third-order valence-electron chi connectivity index (χ3n) is 4.18. The quantitative estimate of drug-likeness (QED) is 0.851. The van der Waals surface area contributed by atoms with E-state index in [-0.39, 0.29) is 18.7 Å². The van der Waals surface area contributed by atoms with Gasteiger partial charge in [0.15, 0.2) is 17.4 Å². The van der Waals surface area contributed by atoms with Crippen molar-refractivity contribution in [3.05, 3.63) is 29.1 Å². The lowest BCUT2D eigenvalue weighted by molar-refractivity contribution is 0.0753. The average Bonchev–Trinajstić information content (AvgIpc) is 2.88. The summed E-state index contributed by atoms with van der Waals surface area (Å²) in [7, 11) is 4.93. The summed E-state index contributed by atoms with van der Waals surface area (Å²) in [5.41, 5.74) is -0.701. The minimum Gasteiger partial charge on any atom is -0.503 e. The first-order valence-corrected chi connectivity index (χ1v) is 7.11. The van der Waals surface area contributed by atoms with E-state index < -0.39 is 34.7 Å². The zero-order chi connectivity index (χ0) is 17.3. The minimum absolute atomic E-state index is 0.0100. The Labute approximate surface area is 132 Å².